The van der Waals surface area contributed by atoms with E-state index in [0.717, 1.165) is 66.8 Å². The van der Waals surface area contributed by atoms with E-state index in [1.807, 2.05) is 41.1 Å². The maximum atomic E-state index is 13.2. The molecule has 0 bridgehead atoms. The number of piperidine rings is 1. The molecular formula is C24H29N3O2. The van der Waals surface area contributed by atoms with Crippen molar-refractivity contribution in [1.29, 1.82) is 0 Å². The molecule has 0 aliphatic carbocycles. The molecule has 1 aromatic heterocycles. The molecule has 5 heteroatoms. The largest absolute Gasteiger partial charge is 0.497 e. The van der Waals surface area contributed by atoms with Crippen molar-refractivity contribution >= 4 is 16.6 Å². The van der Waals surface area contributed by atoms with Gasteiger partial charge in [-0.2, -0.15) is 5.10 Å². The average Bonchev–Trinajstić information content (AvgIpc) is 3.12. The summed E-state index contributed by atoms with van der Waals surface area (Å²) in [5.74, 6) is 1.15. The van der Waals surface area contributed by atoms with E-state index in [0.29, 0.717) is 0 Å². The van der Waals surface area contributed by atoms with Crippen LogP contribution in [-0.4, -0.2) is 40.7 Å². The Kier molecular flexibility index (Phi) is 5.67. The first-order valence-corrected chi connectivity index (χ1v) is 10.4. The second-order valence-electron chi connectivity index (χ2n) is 7.96. The number of nitrogens with zero attached hydrogens (tertiary/aromatic N) is 3. The van der Waals surface area contributed by atoms with Crippen molar-refractivity contribution in [3.05, 3.63) is 59.4 Å². The third kappa shape index (κ3) is 4.20. The molecule has 1 saturated heterocycles. The number of hydrogen-bond donors (Lipinski definition) is 0. The number of ether oxygens (including phenoxy) is 1. The maximum absolute atomic E-state index is 13.2. The number of hydrogen-bond acceptors (Lipinski definition) is 4. The minimum Gasteiger partial charge on any atom is -0.497 e. The number of ketones is 1. The van der Waals surface area contributed by atoms with Crippen LogP contribution in [-0.2, 0) is 13.1 Å². The van der Waals surface area contributed by atoms with Crippen LogP contribution >= 0.6 is 0 Å². The number of fused-ring (bicyclic) bond motifs is 1. The molecule has 0 spiro atoms. The Morgan fingerprint density at radius 1 is 1.21 bits per heavy atom. The van der Waals surface area contributed by atoms with Crippen LogP contribution in [0.15, 0.2) is 42.6 Å². The molecule has 1 aliphatic rings. The first-order valence-electron chi connectivity index (χ1n) is 10.4. The molecule has 1 aliphatic heterocycles. The van der Waals surface area contributed by atoms with E-state index >= 15 is 0 Å². The predicted molar refractivity (Wildman–Crippen MR) is 115 cm³/mol. The Labute approximate surface area is 172 Å². The van der Waals surface area contributed by atoms with Gasteiger partial charge < -0.3 is 4.74 Å². The number of methoxy groups -OCH3 is 1. The monoisotopic (exact) mass is 391 g/mol. The summed E-state index contributed by atoms with van der Waals surface area (Å²) in [6.07, 6.45) is 4.16. The molecule has 3 aromatic rings. The molecule has 0 unspecified atom stereocenters. The molecule has 29 heavy (non-hydrogen) atoms. The summed E-state index contributed by atoms with van der Waals surface area (Å²) in [5.41, 5.74) is 3.16. The Hall–Kier alpha value is -2.66. The molecule has 1 atom stereocenters. The fourth-order valence-electron chi connectivity index (χ4n) is 4.27. The zero-order valence-electron chi connectivity index (χ0n) is 17.5. The van der Waals surface area contributed by atoms with Gasteiger partial charge in [0.15, 0.2) is 5.78 Å². The quantitative estimate of drug-likeness (QED) is 0.582. The average molecular weight is 392 g/mol. The van der Waals surface area contributed by atoms with Gasteiger partial charge in [0.05, 0.1) is 12.8 Å². The van der Waals surface area contributed by atoms with Crippen LogP contribution in [0, 0.1) is 12.8 Å². The van der Waals surface area contributed by atoms with Gasteiger partial charge in [-0.05, 0) is 62.2 Å². The van der Waals surface area contributed by atoms with Crippen LogP contribution in [0.25, 0.3) is 10.8 Å². The van der Waals surface area contributed by atoms with Crippen LogP contribution in [0.5, 0.6) is 5.75 Å². The molecule has 152 valence electrons. The Morgan fingerprint density at radius 3 is 2.76 bits per heavy atom. The van der Waals surface area contributed by atoms with Crippen molar-refractivity contribution in [3.8, 4) is 5.75 Å². The summed E-state index contributed by atoms with van der Waals surface area (Å²) in [7, 11) is 1.67. The third-order valence-corrected chi connectivity index (χ3v) is 5.97. The highest BCUT2D eigenvalue weighted by Gasteiger charge is 2.27. The van der Waals surface area contributed by atoms with E-state index < -0.39 is 0 Å². The first-order chi connectivity index (χ1) is 14.1. The van der Waals surface area contributed by atoms with Gasteiger partial charge in [0.25, 0.3) is 0 Å². The van der Waals surface area contributed by atoms with E-state index in [4.69, 9.17) is 4.74 Å². The van der Waals surface area contributed by atoms with E-state index in [1.54, 1.807) is 7.11 Å². The fraction of sp³-hybridized carbons (Fsp3) is 0.417. The van der Waals surface area contributed by atoms with Gasteiger partial charge in [0.1, 0.15) is 5.75 Å². The third-order valence-electron chi connectivity index (χ3n) is 5.97. The van der Waals surface area contributed by atoms with E-state index in [2.05, 4.69) is 30.0 Å². The summed E-state index contributed by atoms with van der Waals surface area (Å²) < 4.78 is 7.28. The van der Waals surface area contributed by atoms with Gasteiger partial charge in [0.2, 0.25) is 0 Å². The van der Waals surface area contributed by atoms with Crippen molar-refractivity contribution in [3.63, 3.8) is 0 Å². The van der Waals surface area contributed by atoms with Crippen LogP contribution < -0.4 is 4.74 Å². The summed E-state index contributed by atoms with van der Waals surface area (Å²) >= 11 is 0. The Balaban J connectivity index is 1.48. The number of Topliss-reactive ketones (excluding diaryl/α,β-unsaturated/α-hetero) is 1. The van der Waals surface area contributed by atoms with Gasteiger partial charge in [-0.3, -0.25) is 14.4 Å². The lowest BCUT2D eigenvalue weighted by Gasteiger charge is -2.31. The molecule has 5 nitrogen and oxygen atoms in total. The first kappa shape index (κ1) is 19.6. The van der Waals surface area contributed by atoms with Gasteiger partial charge in [0, 0.05) is 42.9 Å². The summed E-state index contributed by atoms with van der Waals surface area (Å²) in [6.45, 7) is 7.78. The molecule has 0 radical (unpaired) electrons. The SMILES string of the molecule is CCn1cc(CN2CCC[C@H](C(=O)c3ccc4cc(OC)ccc4c3)C2)c(C)n1. The van der Waals surface area contributed by atoms with Crippen LogP contribution in [0.3, 0.4) is 0 Å². The molecule has 0 amide bonds. The second kappa shape index (κ2) is 8.37. The zero-order chi connectivity index (χ0) is 20.4. The highest BCUT2D eigenvalue weighted by molar-refractivity contribution is 6.01. The Morgan fingerprint density at radius 2 is 2.00 bits per heavy atom. The molecule has 0 saturated carbocycles. The molecule has 4 rings (SSSR count). The zero-order valence-corrected chi connectivity index (χ0v) is 17.5. The van der Waals surface area contributed by atoms with Crippen molar-refractivity contribution in [2.75, 3.05) is 20.2 Å². The lowest BCUT2D eigenvalue weighted by atomic mass is 9.89. The van der Waals surface area contributed by atoms with Gasteiger partial charge >= 0.3 is 0 Å². The lowest BCUT2D eigenvalue weighted by Crippen LogP contribution is -2.38. The maximum Gasteiger partial charge on any atom is 0.167 e. The Bertz CT molecular complexity index is 1020. The van der Waals surface area contributed by atoms with E-state index in [-0.39, 0.29) is 11.7 Å². The number of carbonyl (C=O) groups excluding carboxylic acids is 1. The number of aromatic nitrogens is 2. The molecular weight excluding hydrogens is 362 g/mol. The van der Waals surface area contributed by atoms with Crippen LogP contribution in [0.2, 0.25) is 0 Å². The second-order valence-corrected chi connectivity index (χ2v) is 7.96. The number of likely N-dealkylation sites (tertiary alicyclic amines) is 1. The molecule has 2 heterocycles. The highest BCUT2D eigenvalue weighted by atomic mass is 16.5. The van der Waals surface area contributed by atoms with Crippen LogP contribution in [0.4, 0.5) is 0 Å². The molecule has 0 N–H and O–H groups in total. The van der Waals surface area contributed by atoms with Gasteiger partial charge in [-0.15, -0.1) is 0 Å². The number of aryl methyl sites for hydroxylation is 2. The fourth-order valence-corrected chi connectivity index (χ4v) is 4.27. The number of rotatable bonds is 6. The van der Waals surface area contributed by atoms with Crippen molar-refractivity contribution in [2.24, 2.45) is 5.92 Å². The molecule has 1 fully saturated rings. The predicted octanol–water partition coefficient (Wildman–Crippen LogP) is 4.47. The van der Waals surface area contributed by atoms with Crippen molar-refractivity contribution < 1.29 is 9.53 Å². The van der Waals surface area contributed by atoms with E-state index in [9.17, 15) is 4.79 Å². The summed E-state index contributed by atoms with van der Waals surface area (Å²) in [6, 6.07) is 12.0. The van der Waals surface area contributed by atoms with Gasteiger partial charge in [-0.25, -0.2) is 0 Å². The smallest absolute Gasteiger partial charge is 0.167 e. The molecule has 2 aromatic carbocycles. The topological polar surface area (TPSA) is 47.4 Å². The standard InChI is InChI=1S/C24H29N3O2/c1-4-27-16-22(17(2)25-27)15-26-11-5-6-21(14-26)24(28)20-8-7-19-13-23(29-3)10-9-18(19)12-20/h7-10,12-13,16,21H,4-6,11,14-15H2,1-3H3/t21-/m0/s1. The number of carbonyl (C=O) groups is 1. The highest BCUT2D eigenvalue weighted by Crippen LogP contribution is 2.26. The lowest BCUT2D eigenvalue weighted by molar-refractivity contribution is 0.0811. The van der Waals surface area contributed by atoms with Crippen LogP contribution in [0.1, 0.15) is 41.4 Å². The number of benzene rings is 2. The van der Waals surface area contributed by atoms with Crippen molar-refractivity contribution in [2.45, 2.75) is 39.8 Å². The van der Waals surface area contributed by atoms with E-state index in [1.165, 1.54) is 5.56 Å². The van der Waals surface area contributed by atoms with Crippen molar-refractivity contribution in [1.82, 2.24) is 14.7 Å². The normalized spacial score (nSPS) is 17.6. The minimum absolute atomic E-state index is 0.0565. The van der Waals surface area contributed by atoms with Gasteiger partial charge in [-0.1, -0.05) is 18.2 Å². The summed E-state index contributed by atoms with van der Waals surface area (Å²) in [5, 5.41) is 6.72. The minimum atomic E-state index is 0.0565. The summed E-state index contributed by atoms with van der Waals surface area (Å²) in [4.78, 5) is 15.6.